The highest BCUT2D eigenvalue weighted by molar-refractivity contribution is 7.39. The van der Waals surface area contributed by atoms with Crippen LogP contribution in [0, 0.1) is 63.8 Å². The third-order valence-electron chi connectivity index (χ3n) is 8.96. The smallest absolute Gasteiger partial charge is 0.271 e. The SMILES string of the molecule is [C-]#[N+]C(C#N)=C1C(=Nc2cc3sc4c5c(sc4c3s2)C=C(N=C2C(=O)c3cc(F)c(F)cc3C2=C(C#N)C#N)C5(C)C)C(=O)c2cc(F)c(F)cc21. The number of nitrogens with zero attached hydrogens (tertiary/aromatic N) is 6. The van der Waals surface area contributed by atoms with Gasteiger partial charge in [-0.15, -0.1) is 34.0 Å². The molecule has 3 aliphatic carbocycles. The molecule has 0 unspecified atom stereocenters. The molecule has 248 valence electrons. The first-order valence-corrected chi connectivity index (χ1v) is 17.3. The number of carbonyl (C=O) groups excluding carboxylic acids is 2. The van der Waals surface area contributed by atoms with Gasteiger partial charge in [0.2, 0.25) is 11.6 Å². The van der Waals surface area contributed by atoms with Crippen molar-refractivity contribution in [3.8, 4) is 18.2 Å². The van der Waals surface area contributed by atoms with Crippen LogP contribution in [0.15, 0.2) is 57.3 Å². The summed E-state index contributed by atoms with van der Waals surface area (Å²) < 4.78 is 60.2. The fourth-order valence-corrected chi connectivity index (χ4v) is 11.0. The summed E-state index contributed by atoms with van der Waals surface area (Å²) in [5, 5.41) is 29.3. The van der Waals surface area contributed by atoms with Crippen LogP contribution in [0.1, 0.15) is 56.1 Å². The van der Waals surface area contributed by atoms with Gasteiger partial charge in [-0.05, 0) is 47.5 Å². The number of carbonyl (C=O) groups is 2. The van der Waals surface area contributed by atoms with Crippen molar-refractivity contribution in [3.05, 3.63) is 115 Å². The second-order valence-corrected chi connectivity index (χ2v) is 15.3. The lowest BCUT2D eigenvalue weighted by Gasteiger charge is -2.21. The lowest BCUT2D eigenvalue weighted by Crippen LogP contribution is -2.18. The van der Waals surface area contributed by atoms with E-state index in [4.69, 9.17) is 6.57 Å². The molecule has 0 fully saturated rings. The monoisotopic (exact) mass is 744 g/mol. The van der Waals surface area contributed by atoms with Crippen LogP contribution < -0.4 is 0 Å². The van der Waals surface area contributed by atoms with E-state index < -0.39 is 51.5 Å². The summed E-state index contributed by atoms with van der Waals surface area (Å²) >= 11 is 4.13. The third kappa shape index (κ3) is 4.44. The number of aliphatic imine (C=N–C) groups is 2. The van der Waals surface area contributed by atoms with Gasteiger partial charge in [-0.25, -0.2) is 37.7 Å². The molecule has 0 amide bonds. The minimum absolute atomic E-state index is 0.0827. The van der Waals surface area contributed by atoms with E-state index in [1.165, 1.54) is 34.0 Å². The zero-order chi connectivity index (χ0) is 37.0. The summed E-state index contributed by atoms with van der Waals surface area (Å²) in [5.74, 6) is -6.46. The molecule has 3 heterocycles. The highest BCUT2D eigenvalue weighted by atomic mass is 32.1. The molecule has 8 rings (SSSR count). The first-order valence-electron chi connectivity index (χ1n) is 14.9. The highest BCUT2D eigenvalue weighted by Crippen LogP contribution is 2.56. The number of Topliss-reactive ketones (excluding diaryl/α,β-unsaturated/α-hetero) is 2. The zero-order valence-corrected chi connectivity index (χ0v) is 28.6. The van der Waals surface area contributed by atoms with Crippen LogP contribution in [0.25, 0.3) is 40.9 Å². The Morgan fingerprint density at radius 3 is 1.85 bits per heavy atom. The Hall–Kier alpha value is -6.36. The molecular weight excluding hydrogens is 733 g/mol. The predicted octanol–water partition coefficient (Wildman–Crippen LogP) is 9.63. The van der Waals surface area contributed by atoms with Crippen LogP contribution >= 0.6 is 34.0 Å². The molecule has 0 bridgehead atoms. The van der Waals surface area contributed by atoms with Gasteiger partial charge in [-0.2, -0.15) is 10.5 Å². The maximum absolute atomic E-state index is 14.3. The molecule has 5 aromatic rings. The summed E-state index contributed by atoms with van der Waals surface area (Å²) in [5.41, 5.74) is -1.84. The first kappa shape index (κ1) is 32.8. The first-order chi connectivity index (χ1) is 24.8. The van der Waals surface area contributed by atoms with Crippen molar-refractivity contribution in [3.63, 3.8) is 0 Å². The van der Waals surface area contributed by atoms with E-state index in [1.54, 1.807) is 30.4 Å². The molecule has 3 aliphatic rings. The largest absolute Gasteiger partial charge is 0.287 e. The number of fused-ring (bicyclic) bond motifs is 7. The molecule has 8 nitrogen and oxygen atoms in total. The van der Waals surface area contributed by atoms with Crippen molar-refractivity contribution in [2.75, 3.05) is 0 Å². The van der Waals surface area contributed by atoms with Crippen molar-refractivity contribution >= 4 is 98.0 Å². The fraction of sp³-hybridized carbons (Fsp3) is 0.0811. The van der Waals surface area contributed by atoms with Gasteiger partial charge in [0.15, 0.2) is 23.3 Å². The van der Waals surface area contributed by atoms with E-state index >= 15 is 0 Å². The predicted molar refractivity (Wildman–Crippen MR) is 189 cm³/mol. The molecule has 0 saturated carbocycles. The number of hydrogen-bond acceptors (Lipinski definition) is 10. The van der Waals surface area contributed by atoms with Crippen molar-refractivity contribution in [2.24, 2.45) is 9.98 Å². The standard InChI is InChI=1S/C37H12F4N6O2S3/c1-37(2)25(46-30-27(13(10-42)11-43)14-4-18(38)20(40)6-16(14)32(30)48)8-23-29(37)35-36(50-23)34-24(51-35)9-26(52-34)47-31-28(22(12-44)45-3)15-5-19(39)21(41)7-17(15)33(31)49/h4-9H,1-2H3. The number of thiophene rings is 3. The van der Waals surface area contributed by atoms with E-state index in [1.807, 2.05) is 13.8 Å². The van der Waals surface area contributed by atoms with Crippen LogP contribution in [-0.4, -0.2) is 23.0 Å². The summed E-state index contributed by atoms with van der Waals surface area (Å²) in [6.45, 7) is 11.2. The maximum atomic E-state index is 14.3. The van der Waals surface area contributed by atoms with E-state index in [0.717, 1.165) is 53.5 Å². The second-order valence-electron chi connectivity index (χ2n) is 12.2. The topological polar surface area (TPSA) is 135 Å². The lowest BCUT2D eigenvalue weighted by atomic mass is 9.86. The van der Waals surface area contributed by atoms with Gasteiger partial charge in [0, 0.05) is 42.8 Å². The van der Waals surface area contributed by atoms with Crippen molar-refractivity contribution in [1.29, 1.82) is 15.8 Å². The Labute approximate surface area is 302 Å². The molecule has 3 aromatic heterocycles. The summed E-state index contributed by atoms with van der Waals surface area (Å²) in [7, 11) is 0. The van der Waals surface area contributed by atoms with Gasteiger partial charge in [-0.1, -0.05) is 13.8 Å². The Morgan fingerprint density at radius 2 is 1.29 bits per heavy atom. The Bertz CT molecular complexity index is 2930. The van der Waals surface area contributed by atoms with E-state index in [2.05, 4.69) is 14.8 Å². The van der Waals surface area contributed by atoms with Crippen molar-refractivity contribution in [2.45, 2.75) is 19.3 Å². The number of benzene rings is 2. The summed E-state index contributed by atoms with van der Waals surface area (Å²) in [4.78, 5) is 40.0. The van der Waals surface area contributed by atoms with Crippen LogP contribution in [0.2, 0.25) is 0 Å². The molecule has 15 heteroatoms. The van der Waals surface area contributed by atoms with Crippen LogP contribution in [-0.2, 0) is 5.41 Å². The molecule has 0 atom stereocenters. The Balaban J connectivity index is 1.23. The highest BCUT2D eigenvalue weighted by Gasteiger charge is 2.42. The average Bonchev–Trinajstić information content (AvgIpc) is 3.90. The Kier molecular flexibility index (Phi) is 7.15. The van der Waals surface area contributed by atoms with Gasteiger partial charge in [0.05, 0.1) is 32.4 Å². The van der Waals surface area contributed by atoms with E-state index in [0.29, 0.717) is 10.7 Å². The van der Waals surface area contributed by atoms with Crippen LogP contribution in [0.3, 0.4) is 0 Å². The molecular formula is C37H12F4N6O2S3. The Morgan fingerprint density at radius 1 is 0.731 bits per heavy atom. The quantitative estimate of drug-likeness (QED) is 0.101. The van der Waals surface area contributed by atoms with E-state index in [9.17, 15) is 42.9 Å². The van der Waals surface area contributed by atoms with Crippen molar-refractivity contribution in [1.82, 2.24) is 0 Å². The van der Waals surface area contributed by atoms with Crippen LogP contribution in [0.5, 0.6) is 0 Å². The fourth-order valence-electron chi connectivity index (χ4n) is 6.57. The third-order valence-corrected chi connectivity index (χ3v) is 12.7. The number of allylic oxidation sites excluding steroid dienone is 5. The molecule has 2 aromatic carbocycles. The van der Waals surface area contributed by atoms with Crippen molar-refractivity contribution < 1.29 is 27.2 Å². The molecule has 0 saturated heterocycles. The molecule has 0 spiro atoms. The normalized spacial score (nSPS) is 18.0. The second kappa shape index (κ2) is 11.3. The summed E-state index contributed by atoms with van der Waals surface area (Å²) in [6, 6.07) is 9.96. The number of halogens is 4. The van der Waals surface area contributed by atoms with Gasteiger partial charge in [-0.3, -0.25) is 9.59 Å². The molecule has 0 N–H and O–H groups in total. The maximum Gasteiger partial charge on any atom is 0.271 e. The van der Waals surface area contributed by atoms with Crippen LogP contribution in [0.4, 0.5) is 22.6 Å². The number of hydrogen-bond donors (Lipinski definition) is 0. The van der Waals surface area contributed by atoms with Gasteiger partial charge >= 0.3 is 0 Å². The zero-order valence-electron chi connectivity index (χ0n) is 26.2. The van der Waals surface area contributed by atoms with Gasteiger partial charge in [0.25, 0.3) is 5.70 Å². The summed E-state index contributed by atoms with van der Waals surface area (Å²) in [6.07, 6.45) is 1.78. The van der Waals surface area contributed by atoms with Gasteiger partial charge in [0.1, 0.15) is 34.1 Å². The number of ketones is 2. The molecule has 52 heavy (non-hydrogen) atoms. The average molecular weight is 745 g/mol. The number of nitriles is 3. The minimum Gasteiger partial charge on any atom is -0.287 e. The van der Waals surface area contributed by atoms with E-state index in [-0.39, 0.29) is 44.8 Å². The molecule has 0 radical (unpaired) electrons. The van der Waals surface area contributed by atoms with Gasteiger partial charge < -0.3 is 0 Å². The molecule has 0 aliphatic heterocycles. The minimum atomic E-state index is -1.25. The lowest BCUT2D eigenvalue weighted by molar-refractivity contribution is 0.106. The number of rotatable bonds is 2.